The maximum Gasteiger partial charge on any atom is 0.203 e. The van der Waals surface area contributed by atoms with Gasteiger partial charge in [-0.05, 0) is 107 Å². The van der Waals surface area contributed by atoms with Crippen molar-refractivity contribution in [1.82, 2.24) is 0 Å². The van der Waals surface area contributed by atoms with Crippen molar-refractivity contribution in [3.8, 4) is 56.8 Å². The van der Waals surface area contributed by atoms with Gasteiger partial charge in [-0.25, -0.2) is 9.13 Å². The zero-order valence-electron chi connectivity index (χ0n) is 77.0. The monoisotopic (exact) mass is 1620 g/mol. The lowest BCUT2D eigenvalue weighted by atomic mass is 9.86. The average molecular weight is 1620 g/mol. The summed E-state index contributed by atoms with van der Waals surface area (Å²) in [6, 6.07) is 36.5. The van der Waals surface area contributed by atoms with Crippen molar-refractivity contribution in [2.24, 2.45) is 0 Å². The fraction of sp³-hybridized carbons (Fsp3) is 0.673. The van der Waals surface area contributed by atoms with E-state index in [9.17, 15) is 0 Å². The van der Waals surface area contributed by atoms with Gasteiger partial charge >= 0.3 is 0 Å². The summed E-state index contributed by atoms with van der Waals surface area (Å²) in [5.41, 5.74) is 7.23. The maximum absolute atomic E-state index is 6.89. The van der Waals surface area contributed by atoms with Crippen LogP contribution in [-0.4, -0.2) is 39.6 Å². The lowest BCUT2D eigenvalue weighted by Gasteiger charge is -2.19. The Morgan fingerprint density at radius 1 is 0.195 bits per heavy atom. The minimum atomic E-state index is 0.671. The fourth-order valence-corrected chi connectivity index (χ4v) is 17.4. The van der Waals surface area contributed by atoms with Crippen LogP contribution in [0.4, 0.5) is 0 Å². The molecule has 7 rings (SSSR count). The summed E-state index contributed by atoms with van der Waals surface area (Å²) >= 11 is 0. The molecule has 0 atom stereocenters. The molecule has 0 spiro atoms. The van der Waals surface area contributed by atoms with Gasteiger partial charge in [-0.15, -0.1) is 0 Å². The first-order valence-corrected chi connectivity index (χ1v) is 50.5. The Bertz CT molecular complexity index is 3200. The highest BCUT2D eigenvalue weighted by molar-refractivity contribution is 6.21. The van der Waals surface area contributed by atoms with Crippen LogP contribution in [0.3, 0.4) is 0 Å². The van der Waals surface area contributed by atoms with Crippen molar-refractivity contribution in [3.63, 3.8) is 0 Å². The summed E-state index contributed by atoms with van der Waals surface area (Å²) < 4.78 is 46.0. The minimum Gasteiger partial charge on any atom is -0.490 e. The first-order chi connectivity index (χ1) is 58.5. The average Bonchev–Trinajstić information content (AvgIpc) is 0.736. The van der Waals surface area contributed by atoms with Crippen LogP contribution in [0.1, 0.15) is 438 Å². The molecule has 2 aromatic heterocycles. The smallest absolute Gasteiger partial charge is 0.203 e. The number of ether oxygens (including phenoxy) is 6. The van der Waals surface area contributed by atoms with E-state index in [1.165, 1.54) is 391 Å². The molecule has 0 N–H and O–H groups in total. The van der Waals surface area contributed by atoms with Gasteiger partial charge in [0.1, 0.15) is 0 Å². The molecular formula is C110H174N2O6+2. The van der Waals surface area contributed by atoms with Crippen LogP contribution >= 0.6 is 0 Å². The van der Waals surface area contributed by atoms with Crippen LogP contribution < -0.4 is 37.6 Å². The van der Waals surface area contributed by atoms with Crippen LogP contribution in [0.2, 0.25) is 0 Å². The SMILES string of the molecule is CCCCCCCCCCCCOc1cc(C[n+]2ccc(-c3c4ccccc4c(-c4cc[n+](Cc5cc(OCCCCCCCCCCCC)c(OCCCCCCCCCCCC)c(OCCCCCCCCCCCC)c5)cc4)c4ccccc34)cc2)cc(OCCCCCCCCCCCC)c1OCCCCCCCCCCCC. The third-order valence-electron chi connectivity index (χ3n) is 24.7. The van der Waals surface area contributed by atoms with Crippen molar-refractivity contribution in [3.05, 3.63) is 133 Å². The Morgan fingerprint density at radius 3 is 0.551 bits per heavy atom. The van der Waals surface area contributed by atoms with E-state index in [1.807, 2.05) is 0 Å². The molecule has 0 unspecified atom stereocenters. The number of pyridine rings is 2. The molecule has 0 fully saturated rings. The van der Waals surface area contributed by atoms with Crippen LogP contribution in [0.5, 0.6) is 34.5 Å². The number of hydrogen-bond acceptors (Lipinski definition) is 6. The Morgan fingerprint density at radius 2 is 0.364 bits per heavy atom. The van der Waals surface area contributed by atoms with Gasteiger partial charge in [0, 0.05) is 35.4 Å². The van der Waals surface area contributed by atoms with Crippen LogP contribution in [0.25, 0.3) is 43.8 Å². The zero-order valence-corrected chi connectivity index (χ0v) is 77.0. The molecular weight excluding hydrogens is 1450 g/mol. The highest BCUT2D eigenvalue weighted by Gasteiger charge is 2.23. The number of hydrogen-bond donors (Lipinski definition) is 0. The third kappa shape index (κ3) is 41.1. The van der Waals surface area contributed by atoms with Crippen LogP contribution in [0.15, 0.2) is 122 Å². The molecule has 0 aliphatic carbocycles. The van der Waals surface area contributed by atoms with E-state index in [4.69, 9.17) is 28.4 Å². The van der Waals surface area contributed by atoms with Crippen molar-refractivity contribution < 1.29 is 37.6 Å². The lowest BCUT2D eigenvalue weighted by Crippen LogP contribution is -2.33. The summed E-state index contributed by atoms with van der Waals surface area (Å²) in [7, 11) is 0. The molecule has 0 amide bonds. The Kier molecular flexibility index (Phi) is 55.6. The van der Waals surface area contributed by atoms with Crippen molar-refractivity contribution in [2.75, 3.05) is 39.6 Å². The molecule has 658 valence electrons. The van der Waals surface area contributed by atoms with Crippen molar-refractivity contribution in [2.45, 2.75) is 440 Å². The Labute approximate surface area is 724 Å². The zero-order chi connectivity index (χ0) is 82.9. The summed E-state index contributed by atoms with van der Waals surface area (Å²) in [4.78, 5) is 0. The second-order valence-corrected chi connectivity index (χ2v) is 35.4. The van der Waals surface area contributed by atoms with Gasteiger partial charge < -0.3 is 28.4 Å². The molecule has 0 saturated carbocycles. The molecule has 5 aromatic carbocycles. The number of fused-ring (bicyclic) bond motifs is 2. The molecule has 0 saturated heterocycles. The predicted octanol–water partition coefficient (Wildman–Crippen LogP) is 33.8. The minimum absolute atomic E-state index is 0.671. The fourth-order valence-electron chi connectivity index (χ4n) is 17.4. The molecule has 7 aromatic rings. The first-order valence-electron chi connectivity index (χ1n) is 50.5. The highest BCUT2D eigenvalue weighted by atomic mass is 16.5. The van der Waals surface area contributed by atoms with Gasteiger partial charge in [-0.1, -0.05) is 437 Å². The van der Waals surface area contributed by atoms with Gasteiger partial charge in [-0.3, -0.25) is 0 Å². The number of rotatable bonds is 78. The molecule has 2 heterocycles. The second kappa shape index (κ2) is 66.4. The van der Waals surface area contributed by atoms with Gasteiger partial charge in [0.15, 0.2) is 60.9 Å². The third-order valence-corrected chi connectivity index (χ3v) is 24.7. The maximum atomic E-state index is 6.89. The molecule has 118 heavy (non-hydrogen) atoms. The molecule has 0 aliphatic rings. The number of nitrogens with zero attached hydrogens (tertiary/aromatic N) is 2. The second-order valence-electron chi connectivity index (χ2n) is 35.4. The van der Waals surface area contributed by atoms with E-state index >= 15 is 0 Å². The van der Waals surface area contributed by atoms with E-state index in [1.54, 1.807) is 0 Å². The molecule has 0 bridgehead atoms. The van der Waals surface area contributed by atoms with E-state index in [0.717, 1.165) is 84.1 Å². The summed E-state index contributed by atoms with van der Waals surface area (Å²) in [5, 5.41) is 4.99. The highest BCUT2D eigenvalue weighted by Crippen LogP contribution is 2.45. The molecule has 8 heteroatoms. The Balaban J connectivity index is 1.11. The van der Waals surface area contributed by atoms with E-state index in [0.29, 0.717) is 52.7 Å². The lowest BCUT2D eigenvalue weighted by molar-refractivity contribution is -0.688. The largest absolute Gasteiger partial charge is 0.490 e. The number of unbranched alkanes of at least 4 members (excludes halogenated alkanes) is 54. The topological polar surface area (TPSA) is 63.1 Å². The predicted molar refractivity (Wildman–Crippen MR) is 508 cm³/mol. The standard InChI is InChI=1S/C110H174N2O6/c1-7-13-19-25-31-37-43-49-55-65-83-113-103-89-95(90-104(114-84-66-56-50-44-38-32-26-20-14-8-2)109(103)117-87-69-59-53-47-41-35-29-23-17-11-5)93-111-79-75-97(76-80-111)107-99-71-61-63-73-101(99)108(102-74-64-62-72-100(102)107)98-77-81-112(82-78-98)94-96-91-105(115-85-67-57-51-45-39-33-27-21-15-9-3)110(118-88-70-60-54-48-42-36-30-24-18-12-6)106(92-96)116-86-68-58-52-46-40-34-28-22-16-10-4/h61-64,71-82,89-92H,7-60,65-70,83-88,93-94H2,1-6H3/q+2. The van der Waals surface area contributed by atoms with Gasteiger partial charge in [-0.2, -0.15) is 0 Å². The van der Waals surface area contributed by atoms with Gasteiger partial charge in [0.05, 0.1) is 39.6 Å². The number of aromatic nitrogens is 2. The van der Waals surface area contributed by atoms with E-state index in [2.05, 4.69) is 173 Å². The van der Waals surface area contributed by atoms with Crippen molar-refractivity contribution in [1.29, 1.82) is 0 Å². The van der Waals surface area contributed by atoms with Gasteiger partial charge in [0.2, 0.25) is 11.5 Å². The first kappa shape index (κ1) is 98.8. The summed E-state index contributed by atoms with van der Waals surface area (Å²) in [6.07, 6.45) is 86.8. The van der Waals surface area contributed by atoms with E-state index < -0.39 is 0 Å². The normalized spacial score (nSPS) is 11.6. The van der Waals surface area contributed by atoms with Crippen molar-refractivity contribution >= 4 is 21.5 Å². The molecule has 8 nitrogen and oxygen atoms in total. The summed E-state index contributed by atoms with van der Waals surface area (Å²) in [5.74, 6) is 4.90. The molecule has 0 radical (unpaired) electrons. The van der Waals surface area contributed by atoms with Crippen LogP contribution in [0, 0.1) is 0 Å². The number of benzene rings is 5. The van der Waals surface area contributed by atoms with Crippen LogP contribution in [-0.2, 0) is 13.1 Å². The summed E-state index contributed by atoms with van der Waals surface area (Å²) in [6.45, 7) is 19.2. The quantitative estimate of drug-likeness (QED) is 0.0215. The Hall–Kier alpha value is -6.28. The van der Waals surface area contributed by atoms with E-state index in [-0.39, 0.29) is 0 Å². The molecule has 0 aliphatic heterocycles. The van der Waals surface area contributed by atoms with Gasteiger partial charge in [0.25, 0.3) is 0 Å².